The lowest BCUT2D eigenvalue weighted by Gasteiger charge is -2.35. The molecule has 0 atom stereocenters. The summed E-state index contributed by atoms with van der Waals surface area (Å²) in [5, 5.41) is 7.53. The molecule has 0 saturated heterocycles. The van der Waals surface area contributed by atoms with E-state index in [0.29, 0.717) is 0 Å². The Labute approximate surface area is 364 Å². The van der Waals surface area contributed by atoms with E-state index in [2.05, 4.69) is 202 Å². The molecule has 5 heterocycles. The van der Waals surface area contributed by atoms with Crippen LogP contribution in [0.5, 0.6) is 23.0 Å². The summed E-state index contributed by atoms with van der Waals surface area (Å²) in [4.78, 5) is 0. The molecular weight excluding hydrogens is 776 g/mol. The van der Waals surface area contributed by atoms with E-state index in [-0.39, 0.29) is 17.5 Å². The Bertz CT molecular complexity index is 3640. The van der Waals surface area contributed by atoms with E-state index in [1.54, 1.807) is 0 Å². The number of nitrogens with zero attached hydrogens (tertiary/aromatic N) is 2. The molecule has 0 unspecified atom stereocenters. The van der Waals surface area contributed by atoms with Crippen LogP contribution < -0.4 is 25.9 Å². The molecule has 62 heavy (non-hydrogen) atoms. The third-order valence-electron chi connectivity index (χ3n) is 13.5. The van der Waals surface area contributed by atoms with Crippen molar-refractivity contribution in [2.24, 2.45) is 0 Å². The minimum Gasteiger partial charge on any atom is -0.458 e. The van der Waals surface area contributed by atoms with Crippen LogP contribution in [-0.2, 0) is 10.8 Å². The molecule has 0 aliphatic carbocycles. The van der Waals surface area contributed by atoms with Gasteiger partial charge in [-0.1, -0.05) is 139 Å². The smallest absolute Gasteiger partial charge is 0.260 e. The van der Waals surface area contributed by atoms with Crippen molar-refractivity contribution in [2.75, 3.05) is 0 Å². The van der Waals surface area contributed by atoms with Gasteiger partial charge in [-0.25, -0.2) is 0 Å². The Balaban J connectivity index is 1.17. The van der Waals surface area contributed by atoms with Crippen molar-refractivity contribution < 1.29 is 9.47 Å². The highest BCUT2D eigenvalue weighted by atomic mass is 32.1. The van der Waals surface area contributed by atoms with Crippen molar-refractivity contribution in [1.29, 1.82) is 0 Å². The van der Waals surface area contributed by atoms with E-state index in [9.17, 15) is 0 Å². The Morgan fingerprint density at radius 1 is 0.452 bits per heavy atom. The van der Waals surface area contributed by atoms with E-state index in [4.69, 9.17) is 9.47 Å². The molecule has 4 nitrogen and oxygen atoms in total. The van der Waals surface area contributed by atoms with Crippen LogP contribution in [0.15, 0.2) is 152 Å². The lowest BCUT2D eigenvalue weighted by molar-refractivity contribution is 0.463. The van der Waals surface area contributed by atoms with Crippen LogP contribution in [0.3, 0.4) is 0 Å². The van der Waals surface area contributed by atoms with Crippen LogP contribution in [0.25, 0.3) is 75.2 Å². The highest BCUT2D eigenvalue weighted by molar-refractivity contribution is 7.27. The van der Waals surface area contributed by atoms with Gasteiger partial charge >= 0.3 is 0 Å². The minimum absolute atomic E-state index is 0.0193. The molecule has 8 aromatic carbocycles. The lowest BCUT2D eigenvalue weighted by atomic mass is 9.34. The standard InChI is InChI=1S/C56H43BN2O2S/c1-55(2,3)32-24-26-43-39(28-32)57-40-29-33(56(4,5)6)25-27-44(40)61-46-31-35(30-45(60-43)51(46)57)59-41-21-13-10-18-36(41)48-52-49(54-50(53(48)59)38-20-12-15-23-47(38)62-54)37-19-11-14-22-42(37)58(52)34-16-8-7-9-17-34/h7-31H,1-6H3. The van der Waals surface area contributed by atoms with Gasteiger partial charge in [0.25, 0.3) is 6.71 Å². The van der Waals surface area contributed by atoms with Gasteiger partial charge in [0.15, 0.2) is 0 Å². The number of hydrogen-bond acceptors (Lipinski definition) is 3. The predicted octanol–water partition coefficient (Wildman–Crippen LogP) is 13.6. The SMILES string of the molecule is CC(C)(C)c1ccc2c(c1)B1c3cc(C(C)(C)C)ccc3Oc3cc(-n4c5ccccc5c5c6c(c7ccccc7n6-c6ccccc6)c6sc7ccccc7c6c54)cc(c31)O2. The van der Waals surface area contributed by atoms with Gasteiger partial charge < -0.3 is 18.6 Å². The summed E-state index contributed by atoms with van der Waals surface area (Å²) in [6.45, 7) is 13.7. The van der Waals surface area contributed by atoms with E-state index in [0.717, 1.165) is 45.4 Å². The van der Waals surface area contributed by atoms with Gasteiger partial charge in [0.05, 0.1) is 27.8 Å². The number of thiophene rings is 1. The first-order valence-electron chi connectivity index (χ1n) is 21.7. The molecule has 0 bridgehead atoms. The molecule has 6 heteroatoms. The van der Waals surface area contributed by atoms with Crippen LogP contribution >= 0.6 is 11.3 Å². The molecule has 2 aliphatic rings. The maximum absolute atomic E-state index is 7.10. The molecule has 0 spiro atoms. The number of para-hydroxylation sites is 3. The summed E-state index contributed by atoms with van der Waals surface area (Å²) in [7, 11) is 0. The summed E-state index contributed by atoms with van der Waals surface area (Å²) < 4.78 is 21.8. The summed E-state index contributed by atoms with van der Waals surface area (Å²) in [5.41, 5.74) is 12.9. The number of ether oxygens (including phenoxy) is 2. The first-order chi connectivity index (χ1) is 30.0. The summed E-state index contributed by atoms with van der Waals surface area (Å²) in [6, 6.07) is 55.8. The molecule has 0 N–H and O–H groups in total. The van der Waals surface area contributed by atoms with Gasteiger partial charge in [-0.3, -0.25) is 0 Å². The van der Waals surface area contributed by atoms with Crippen molar-refractivity contribution in [1.82, 2.24) is 9.13 Å². The maximum Gasteiger partial charge on any atom is 0.260 e. The Morgan fingerprint density at radius 2 is 0.935 bits per heavy atom. The molecular formula is C56H43BN2O2S. The highest BCUT2D eigenvalue weighted by Crippen LogP contribution is 2.52. The number of rotatable bonds is 2. The molecule has 13 rings (SSSR count). The molecule has 2 aliphatic heterocycles. The highest BCUT2D eigenvalue weighted by Gasteiger charge is 2.42. The monoisotopic (exact) mass is 818 g/mol. The zero-order valence-corrected chi connectivity index (χ0v) is 36.4. The van der Waals surface area contributed by atoms with Gasteiger partial charge in [0.1, 0.15) is 23.0 Å². The number of aromatic nitrogens is 2. The maximum atomic E-state index is 7.10. The molecule has 298 valence electrons. The first-order valence-corrected chi connectivity index (χ1v) is 22.5. The normalized spacial score (nSPS) is 13.5. The Kier molecular flexibility index (Phi) is 7.21. The van der Waals surface area contributed by atoms with E-state index >= 15 is 0 Å². The van der Waals surface area contributed by atoms with Crippen LogP contribution in [0.2, 0.25) is 0 Å². The third-order valence-corrected chi connectivity index (χ3v) is 14.7. The topological polar surface area (TPSA) is 28.3 Å². The average Bonchev–Trinajstić information content (AvgIpc) is 3.93. The van der Waals surface area contributed by atoms with Crippen LogP contribution in [-0.4, -0.2) is 15.8 Å². The number of hydrogen-bond donors (Lipinski definition) is 0. The molecule has 3 aromatic heterocycles. The zero-order chi connectivity index (χ0) is 41.8. The number of fused-ring (bicyclic) bond motifs is 16. The fraction of sp³-hybridized carbons (Fsp3) is 0.143. The van der Waals surface area contributed by atoms with Crippen molar-refractivity contribution in [2.45, 2.75) is 52.4 Å². The second kappa shape index (κ2) is 12.4. The third kappa shape index (κ3) is 4.90. The van der Waals surface area contributed by atoms with Crippen molar-refractivity contribution >= 4 is 98.2 Å². The fourth-order valence-electron chi connectivity index (χ4n) is 10.5. The molecule has 0 fully saturated rings. The van der Waals surface area contributed by atoms with Crippen molar-refractivity contribution in [3.63, 3.8) is 0 Å². The van der Waals surface area contributed by atoms with Gasteiger partial charge in [0, 0.05) is 65.0 Å². The predicted molar refractivity (Wildman–Crippen MR) is 263 cm³/mol. The largest absolute Gasteiger partial charge is 0.458 e. The van der Waals surface area contributed by atoms with E-state index < -0.39 is 0 Å². The molecule has 0 amide bonds. The Morgan fingerprint density at radius 3 is 1.52 bits per heavy atom. The van der Waals surface area contributed by atoms with Gasteiger partial charge in [0.2, 0.25) is 0 Å². The minimum atomic E-state index is -0.0435. The second-order valence-electron chi connectivity index (χ2n) is 19.3. The van der Waals surface area contributed by atoms with Gasteiger partial charge in [-0.05, 0) is 75.3 Å². The average molecular weight is 819 g/mol. The van der Waals surface area contributed by atoms with E-state index in [1.807, 2.05) is 11.3 Å². The van der Waals surface area contributed by atoms with E-state index in [1.165, 1.54) is 80.3 Å². The molecule has 11 aromatic rings. The van der Waals surface area contributed by atoms with Crippen molar-refractivity contribution in [3.8, 4) is 34.4 Å². The molecule has 0 radical (unpaired) electrons. The summed E-state index contributed by atoms with van der Waals surface area (Å²) in [5.74, 6) is 3.47. The van der Waals surface area contributed by atoms with Crippen LogP contribution in [0, 0.1) is 0 Å². The second-order valence-corrected chi connectivity index (χ2v) is 20.3. The number of benzene rings is 8. The molecule has 0 saturated carbocycles. The first kappa shape index (κ1) is 35.9. The quantitative estimate of drug-likeness (QED) is 0.163. The van der Waals surface area contributed by atoms with Crippen LogP contribution in [0.4, 0.5) is 0 Å². The van der Waals surface area contributed by atoms with Crippen LogP contribution in [0.1, 0.15) is 52.7 Å². The summed E-state index contributed by atoms with van der Waals surface area (Å²) >= 11 is 1.90. The summed E-state index contributed by atoms with van der Waals surface area (Å²) in [6.07, 6.45) is 0. The van der Waals surface area contributed by atoms with Gasteiger partial charge in [-0.2, -0.15) is 0 Å². The fourth-order valence-corrected chi connectivity index (χ4v) is 11.8. The van der Waals surface area contributed by atoms with Gasteiger partial charge in [-0.15, -0.1) is 11.3 Å². The zero-order valence-electron chi connectivity index (χ0n) is 35.6. The Hall–Kier alpha value is -6.76. The van der Waals surface area contributed by atoms with Crippen molar-refractivity contribution in [3.05, 3.63) is 163 Å². The lowest BCUT2D eigenvalue weighted by Crippen LogP contribution is -2.57.